The van der Waals surface area contributed by atoms with Gasteiger partial charge in [0, 0.05) is 23.3 Å². The molecule has 31 heavy (non-hydrogen) atoms. The number of aryl methyl sites for hydroxylation is 1. The maximum absolute atomic E-state index is 12.8. The van der Waals surface area contributed by atoms with Crippen LogP contribution in [0.3, 0.4) is 0 Å². The topological polar surface area (TPSA) is 106 Å². The van der Waals surface area contributed by atoms with Crippen LogP contribution in [0.4, 0.5) is 0 Å². The van der Waals surface area contributed by atoms with Crippen LogP contribution >= 0.6 is 0 Å². The standard InChI is InChI=1S/C24H26N2O5/c1-4-16-12-24(16,14(3)27)26-22(28)15-6-7-17(10-15)31-21-11-20(23(29)30)25-19-9-13(2)5-8-18(19)21/h4-5,8-9,11,15-17H,1,6-7,10,12H2,2-3H3,(H,26,28)(H,29,30)/t15-,16-,17-,24-/m0/s1. The van der Waals surface area contributed by atoms with Gasteiger partial charge in [0.2, 0.25) is 5.91 Å². The number of ether oxygens (including phenoxy) is 1. The second-order valence-electron chi connectivity index (χ2n) is 8.64. The lowest BCUT2D eigenvalue weighted by molar-refractivity contribution is -0.130. The Labute approximate surface area is 180 Å². The molecule has 2 aliphatic carbocycles. The average Bonchev–Trinajstić information content (AvgIpc) is 3.24. The molecule has 0 radical (unpaired) electrons. The van der Waals surface area contributed by atoms with Gasteiger partial charge in [0.15, 0.2) is 11.5 Å². The van der Waals surface area contributed by atoms with Crippen LogP contribution in [0.5, 0.6) is 5.75 Å². The van der Waals surface area contributed by atoms with E-state index in [4.69, 9.17) is 4.74 Å². The van der Waals surface area contributed by atoms with Gasteiger partial charge in [0.1, 0.15) is 11.3 Å². The maximum atomic E-state index is 12.8. The van der Waals surface area contributed by atoms with Crippen molar-refractivity contribution in [1.82, 2.24) is 10.3 Å². The van der Waals surface area contributed by atoms with Crippen LogP contribution in [-0.2, 0) is 9.59 Å². The highest BCUT2D eigenvalue weighted by molar-refractivity contribution is 5.96. The second kappa shape index (κ2) is 7.80. The van der Waals surface area contributed by atoms with E-state index in [1.165, 1.54) is 13.0 Å². The van der Waals surface area contributed by atoms with Gasteiger partial charge < -0.3 is 15.2 Å². The molecule has 1 aromatic heterocycles. The minimum Gasteiger partial charge on any atom is -0.490 e. The minimum absolute atomic E-state index is 0.0107. The van der Waals surface area contributed by atoms with Crippen molar-refractivity contribution >= 4 is 28.6 Å². The number of aromatic nitrogens is 1. The molecule has 0 unspecified atom stereocenters. The number of nitrogens with zero attached hydrogens (tertiary/aromatic N) is 1. The molecule has 1 amide bonds. The fourth-order valence-corrected chi connectivity index (χ4v) is 4.51. The average molecular weight is 422 g/mol. The van der Waals surface area contributed by atoms with Gasteiger partial charge in [-0.15, -0.1) is 6.58 Å². The third kappa shape index (κ3) is 3.92. The third-order valence-electron chi connectivity index (χ3n) is 6.47. The van der Waals surface area contributed by atoms with Crippen molar-refractivity contribution in [3.63, 3.8) is 0 Å². The largest absolute Gasteiger partial charge is 0.490 e. The van der Waals surface area contributed by atoms with E-state index in [1.54, 1.807) is 6.08 Å². The number of carboxylic acids is 1. The first-order valence-corrected chi connectivity index (χ1v) is 10.5. The normalized spacial score (nSPS) is 27.0. The van der Waals surface area contributed by atoms with Crippen LogP contribution in [0.25, 0.3) is 10.9 Å². The zero-order chi connectivity index (χ0) is 22.3. The Bertz CT molecular complexity index is 1090. The summed E-state index contributed by atoms with van der Waals surface area (Å²) in [5.41, 5.74) is 0.666. The van der Waals surface area contributed by atoms with E-state index in [0.717, 1.165) is 10.9 Å². The molecule has 2 N–H and O–H groups in total. The predicted octanol–water partition coefficient (Wildman–Crippen LogP) is 3.44. The van der Waals surface area contributed by atoms with Gasteiger partial charge in [-0.2, -0.15) is 0 Å². The third-order valence-corrected chi connectivity index (χ3v) is 6.47. The van der Waals surface area contributed by atoms with Gasteiger partial charge in [-0.3, -0.25) is 9.59 Å². The molecule has 0 aliphatic heterocycles. The zero-order valence-corrected chi connectivity index (χ0v) is 17.7. The molecule has 1 aromatic carbocycles. The maximum Gasteiger partial charge on any atom is 0.354 e. The fraction of sp³-hybridized carbons (Fsp3) is 0.417. The molecule has 2 aromatic rings. The van der Waals surface area contributed by atoms with Crippen molar-refractivity contribution in [2.45, 2.75) is 51.2 Å². The first kappa shape index (κ1) is 21.0. The van der Waals surface area contributed by atoms with Gasteiger partial charge in [0.25, 0.3) is 0 Å². The number of hydrogen-bond acceptors (Lipinski definition) is 5. The molecule has 0 spiro atoms. The molecule has 7 heteroatoms. The molecule has 162 valence electrons. The molecule has 2 fully saturated rings. The Balaban J connectivity index is 1.49. The lowest BCUT2D eigenvalue weighted by Crippen LogP contribution is -2.46. The number of pyridine rings is 1. The van der Waals surface area contributed by atoms with Crippen molar-refractivity contribution in [2.24, 2.45) is 11.8 Å². The quantitative estimate of drug-likeness (QED) is 0.662. The van der Waals surface area contributed by atoms with Crippen LogP contribution in [0.1, 0.15) is 48.7 Å². The molecule has 2 aliphatic rings. The van der Waals surface area contributed by atoms with Gasteiger partial charge in [-0.25, -0.2) is 9.78 Å². The van der Waals surface area contributed by atoms with Crippen LogP contribution < -0.4 is 10.1 Å². The lowest BCUT2D eigenvalue weighted by atomic mass is 10.0. The summed E-state index contributed by atoms with van der Waals surface area (Å²) < 4.78 is 6.17. The number of fused-ring (bicyclic) bond motifs is 1. The monoisotopic (exact) mass is 422 g/mol. The fourth-order valence-electron chi connectivity index (χ4n) is 4.51. The number of benzene rings is 1. The molecule has 4 rings (SSSR count). The predicted molar refractivity (Wildman–Crippen MR) is 115 cm³/mol. The summed E-state index contributed by atoms with van der Waals surface area (Å²) in [5.74, 6) is -1.09. The van der Waals surface area contributed by atoms with Crippen LogP contribution in [0.15, 0.2) is 36.9 Å². The Kier molecular flexibility index (Phi) is 5.29. The number of amides is 1. The summed E-state index contributed by atoms with van der Waals surface area (Å²) in [6.07, 6.45) is 3.94. The van der Waals surface area contributed by atoms with Crippen molar-refractivity contribution < 1.29 is 24.2 Å². The summed E-state index contributed by atoms with van der Waals surface area (Å²) >= 11 is 0. The number of carbonyl (C=O) groups is 3. The van der Waals surface area contributed by atoms with Crippen LogP contribution in [0, 0.1) is 18.8 Å². The van der Waals surface area contributed by atoms with Crippen LogP contribution in [0.2, 0.25) is 0 Å². The summed E-state index contributed by atoms with van der Waals surface area (Å²) in [6.45, 7) is 7.16. The Morgan fingerprint density at radius 1 is 1.29 bits per heavy atom. The van der Waals surface area contributed by atoms with Gasteiger partial charge in [-0.1, -0.05) is 12.1 Å². The summed E-state index contributed by atoms with van der Waals surface area (Å²) in [6, 6.07) is 7.06. The summed E-state index contributed by atoms with van der Waals surface area (Å²) in [7, 11) is 0. The van der Waals surface area contributed by atoms with E-state index in [1.807, 2.05) is 25.1 Å². The number of hydrogen-bond donors (Lipinski definition) is 2. The van der Waals surface area contributed by atoms with E-state index < -0.39 is 11.5 Å². The van der Waals surface area contributed by atoms with E-state index in [2.05, 4.69) is 16.9 Å². The lowest BCUT2D eigenvalue weighted by Gasteiger charge is -2.19. The van der Waals surface area contributed by atoms with Crippen molar-refractivity contribution in [3.05, 3.63) is 48.2 Å². The first-order chi connectivity index (χ1) is 14.7. The molecule has 7 nitrogen and oxygen atoms in total. The molecular formula is C24H26N2O5. The first-order valence-electron chi connectivity index (χ1n) is 10.5. The van der Waals surface area contributed by atoms with Gasteiger partial charge in [0.05, 0.1) is 11.6 Å². The van der Waals surface area contributed by atoms with E-state index in [0.29, 0.717) is 36.9 Å². The van der Waals surface area contributed by atoms with Crippen molar-refractivity contribution in [3.8, 4) is 5.75 Å². The molecule has 0 saturated heterocycles. The van der Waals surface area contributed by atoms with Crippen molar-refractivity contribution in [1.29, 1.82) is 0 Å². The van der Waals surface area contributed by atoms with E-state index >= 15 is 0 Å². The highest BCUT2D eigenvalue weighted by atomic mass is 16.5. The van der Waals surface area contributed by atoms with Crippen LogP contribution in [-0.4, -0.2) is 39.4 Å². The highest BCUT2D eigenvalue weighted by Gasteiger charge is 2.58. The number of carboxylic acid groups (broad SMARTS) is 1. The SMILES string of the molecule is C=C[C@H]1C[C@]1(NC(=O)[C@H]1CC[C@H](Oc2cc(C(=O)O)nc3cc(C)ccc23)C1)C(C)=O. The Morgan fingerprint density at radius 2 is 2.06 bits per heavy atom. The molecule has 1 heterocycles. The van der Waals surface area contributed by atoms with Crippen molar-refractivity contribution in [2.75, 3.05) is 0 Å². The summed E-state index contributed by atoms with van der Waals surface area (Å²) in [5, 5.41) is 13.1. The smallest absolute Gasteiger partial charge is 0.354 e. The van der Waals surface area contributed by atoms with E-state index in [9.17, 15) is 19.5 Å². The molecule has 4 atom stereocenters. The molecular weight excluding hydrogens is 396 g/mol. The summed E-state index contributed by atoms with van der Waals surface area (Å²) in [4.78, 5) is 40.6. The minimum atomic E-state index is -1.12. The number of rotatable bonds is 7. The van der Waals surface area contributed by atoms with E-state index in [-0.39, 0.29) is 35.3 Å². The molecule has 0 bridgehead atoms. The number of Topliss-reactive ketones (excluding diaryl/α,β-unsaturated/α-hetero) is 1. The van der Waals surface area contributed by atoms with Gasteiger partial charge >= 0.3 is 5.97 Å². The number of carbonyl (C=O) groups excluding carboxylic acids is 2. The number of nitrogens with one attached hydrogen (secondary N) is 1. The second-order valence-corrected chi connectivity index (χ2v) is 8.64. The Morgan fingerprint density at radius 3 is 2.71 bits per heavy atom. The highest BCUT2D eigenvalue weighted by Crippen LogP contribution is 2.45. The number of ketones is 1. The zero-order valence-electron chi connectivity index (χ0n) is 17.7. The number of aromatic carboxylic acids is 1. The van der Waals surface area contributed by atoms with Gasteiger partial charge in [-0.05, 0) is 57.2 Å². The Hall–Kier alpha value is -3.22. The molecule has 2 saturated carbocycles.